The van der Waals surface area contributed by atoms with Crippen molar-refractivity contribution >= 4 is 23.4 Å². The number of rotatable bonds is 12. The first-order valence-electron chi connectivity index (χ1n) is 14.0. The summed E-state index contributed by atoms with van der Waals surface area (Å²) in [6.45, 7) is 7.79. The van der Waals surface area contributed by atoms with Gasteiger partial charge in [-0.25, -0.2) is 9.78 Å². The normalized spacial score (nSPS) is 10.8. The van der Waals surface area contributed by atoms with E-state index in [1.165, 1.54) is 18.2 Å². The average molecular weight is 586 g/mol. The van der Waals surface area contributed by atoms with Crippen LogP contribution in [0.1, 0.15) is 23.1 Å². The van der Waals surface area contributed by atoms with E-state index in [-0.39, 0.29) is 11.8 Å². The number of nitrogens with zero attached hydrogens (tertiary/aromatic N) is 3. The maximum absolute atomic E-state index is 13.0. The summed E-state index contributed by atoms with van der Waals surface area (Å²) >= 11 is 0. The fourth-order valence-electron chi connectivity index (χ4n) is 4.37. The first-order valence-corrected chi connectivity index (χ1v) is 14.0. The van der Waals surface area contributed by atoms with E-state index in [0.29, 0.717) is 29.5 Å². The molecule has 0 spiro atoms. The van der Waals surface area contributed by atoms with Gasteiger partial charge in [0, 0.05) is 29.9 Å². The number of ether oxygens (including phenoxy) is 4. The SMILES string of the molecule is COc1ccc(NC(=O)Oc2cc(-c3ccc(C)c(C)c3C)nc(Nc3ccc(OCCCN(C)C)cc3)n2)c(OC)c1. The van der Waals surface area contributed by atoms with Gasteiger partial charge in [0.25, 0.3) is 0 Å². The minimum atomic E-state index is -0.730. The monoisotopic (exact) mass is 585 g/mol. The predicted molar refractivity (Wildman–Crippen MR) is 169 cm³/mol. The lowest BCUT2D eigenvalue weighted by molar-refractivity contribution is 0.213. The third kappa shape index (κ3) is 8.36. The molecule has 0 unspecified atom stereocenters. The van der Waals surface area contributed by atoms with E-state index >= 15 is 0 Å². The molecule has 0 bridgehead atoms. The zero-order chi connectivity index (χ0) is 30.9. The van der Waals surface area contributed by atoms with E-state index in [2.05, 4.69) is 34.4 Å². The summed E-state index contributed by atoms with van der Waals surface area (Å²) in [6, 6.07) is 18.3. The molecule has 43 heavy (non-hydrogen) atoms. The summed E-state index contributed by atoms with van der Waals surface area (Å²) in [6.07, 6.45) is 0.208. The molecule has 0 aliphatic carbocycles. The summed E-state index contributed by atoms with van der Waals surface area (Å²) in [5.74, 6) is 2.16. The van der Waals surface area contributed by atoms with Crippen molar-refractivity contribution in [2.75, 3.05) is 52.1 Å². The van der Waals surface area contributed by atoms with Crippen molar-refractivity contribution in [1.82, 2.24) is 14.9 Å². The van der Waals surface area contributed by atoms with Crippen molar-refractivity contribution in [2.45, 2.75) is 27.2 Å². The molecule has 1 aromatic heterocycles. The first-order chi connectivity index (χ1) is 20.7. The molecule has 10 nitrogen and oxygen atoms in total. The van der Waals surface area contributed by atoms with Gasteiger partial charge in [0.1, 0.15) is 17.2 Å². The number of carbonyl (C=O) groups excluding carboxylic acids is 1. The molecule has 0 radical (unpaired) electrons. The number of benzene rings is 3. The highest BCUT2D eigenvalue weighted by Gasteiger charge is 2.16. The number of hydrogen-bond acceptors (Lipinski definition) is 9. The van der Waals surface area contributed by atoms with Crippen molar-refractivity contribution in [3.8, 4) is 34.4 Å². The molecule has 1 heterocycles. The maximum Gasteiger partial charge on any atom is 0.418 e. The van der Waals surface area contributed by atoms with Crippen LogP contribution in [0.2, 0.25) is 0 Å². The molecule has 10 heteroatoms. The average Bonchev–Trinajstić information content (AvgIpc) is 2.99. The molecule has 3 aromatic carbocycles. The molecule has 226 valence electrons. The number of anilines is 3. The highest BCUT2D eigenvalue weighted by atomic mass is 16.6. The maximum atomic E-state index is 13.0. The minimum absolute atomic E-state index is 0.0796. The number of methoxy groups -OCH3 is 2. The summed E-state index contributed by atoms with van der Waals surface area (Å²) in [4.78, 5) is 24.3. The molecule has 0 atom stereocenters. The van der Waals surface area contributed by atoms with Crippen LogP contribution in [0.25, 0.3) is 11.3 Å². The van der Waals surface area contributed by atoms with Crippen LogP contribution in [0.5, 0.6) is 23.1 Å². The number of nitrogens with one attached hydrogen (secondary N) is 2. The van der Waals surface area contributed by atoms with Crippen molar-refractivity contribution in [1.29, 1.82) is 0 Å². The third-order valence-corrected chi connectivity index (χ3v) is 7.01. The van der Waals surface area contributed by atoms with E-state index < -0.39 is 6.09 Å². The molecule has 1 amide bonds. The van der Waals surface area contributed by atoms with Crippen LogP contribution < -0.4 is 29.6 Å². The zero-order valence-corrected chi connectivity index (χ0v) is 25.8. The zero-order valence-electron chi connectivity index (χ0n) is 25.8. The Balaban J connectivity index is 1.58. The fraction of sp³-hybridized carbons (Fsp3) is 0.303. The Morgan fingerprint density at radius 1 is 0.860 bits per heavy atom. The Morgan fingerprint density at radius 2 is 1.60 bits per heavy atom. The van der Waals surface area contributed by atoms with Gasteiger partial charge in [0.15, 0.2) is 0 Å². The Morgan fingerprint density at radius 3 is 2.30 bits per heavy atom. The fourth-order valence-corrected chi connectivity index (χ4v) is 4.37. The molecule has 0 aliphatic heterocycles. The molecule has 4 rings (SSSR count). The minimum Gasteiger partial charge on any atom is -0.497 e. The van der Waals surface area contributed by atoms with Crippen molar-refractivity contribution in [2.24, 2.45) is 0 Å². The Kier molecular flexibility index (Phi) is 10.4. The second-order valence-electron chi connectivity index (χ2n) is 10.3. The van der Waals surface area contributed by atoms with Gasteiger partial charge in [-0.05, 0) is 94.4 Å². The van der Waals surface area contributed by atoms with Gasteiger partial charge in [0.05, 0.1) is 32.2 Å². The van der Waals surface area contributed by atoms with Crippen LogP contribution >= 0.6 is 0 Å². The molecular weight excluding hydrogens is 546 g/mol. The predicted octanol–water partition coefficient (Wildman–Crippen LogP) is 6.77. The number of aryl methyl sites for hydroxylation is 1. The quantitative estimate of drug-likeness (QED) is 0.174. The van der Waals surface area contributed by atoms with Gasteiger partial charge in [-0.1, -0.05) is 12.1 Å². The summed E-state index contributed by atoms with van der Waals surface area (Å²) < 4.78 is 22.1. The summed E-state index contributed by atoms with van der Waals surface area (Å²) in [5.41, 5.74) is 6.14. The number of hydrogen-bond donors (Lipinski definition) is 2. The highest BCUT2D eigenvalue weighted by Crippen LogP contribution is 2.31. The molecule has 0 saturated carbocycles. The molecule has 0 fully saturated rings. The van der Waals surface area contributed by atoms with Gasteiger partial charge in [-0.2, -0.15) is 4.98 Å². The Bertz CT molecular complexity index is 1560. The van der Waals surface area contributed by atoms with Crippen molar-refractivity contribution in [3.63, 3.8) is 0 Å². The summed E-state index contributed by atoms with van der Waals surface area (Å²) in [7, 11) is 7.15. The highest BCUT2D eigenvalue weighted by molar-refractivity contribution is 5.88. The Labute approximate surface area is 253 Å². The molecule has 0 saturated heterocycles. The van der Waals surface area contributed by atoms with E-state index in [1.54, 1.807) is 31.4 Å². The van der Waals surface area contributed by atoms with Gasteiger partial charge in [0.2, 0.25) is 11.8 Å². The topological polar surface area (TPSA) is 107 Å². The number of carbonyl (C=O) groups is 1. The smallest absolute Gasteiger partial charge is 0.418 e. The van der Waals surface area contributed by atoms with E-state index in [9.17, 15) is 4.79 Å². The molecule has 2 N–H and O–H groups in total. The van der Waals surface area contributed by atoms with Crippen LogP contribution in [-0.4, -0.2) is 62.4 Å². The van der Waals surface area contributed by atoms with Gasteiger partial charge >= 0.3 is 6.09 Å². The van der Waals surface area contributed by atoms with Crippen LogP contribution in [0.3, 0.4) is 0 Å². The Hall–Kier alpha value is -4.83. The van der Waals surface area contributed by atoms with Crippen LogP contribution in [0, 0.1) is 20.8 Å². The summed E-state index contributed by atoms with van der Waals surface area (Å²) in [5, 5.41) is 5.94. The molecule has 4 aromatic rings. The standard InChI is InChI=1S/C33H39N5O5/c1-21-9-15-27(23(3)22(21)2)29-20-31(43-33(39)36-28-16-14-26(40-6)19-30(28)41-7)37-32(35-29)34-24-10-12-25(13-11-24)42-18-8-17-38(4)5/h9-16,19-20H,8,17-18H2,1-7H3,(H,36,39)(H,34,35,37). The second-order valence-corrected chi connectivity index (χ2v) is 10.3. The van der Waals surface area contributed by atoms with Gasteiger partial charge < -0.3 is 29.2 Å². The molecule has 0 aliphatic rings. The largest absolute Gasteiger partial charge is 0.497 e. The lowest BCUT2D eigenvalue weighted by atomic mass is 9.97. The van der Waals surface area contributed by atoms with Crippen LogP contribution in [-0.2, 0) is 0 Å². The van der Waals surface area contributed by atoms with E-state index in [4.69, 9.17) is 23.9 Å². The van der Waals surface area contributed by atoms with Crippen LogP contribution in [0.4, 0.5) is 22.1 Å². The molecular formula is C33H39N5O5. The number of aromatic nitrogens is 2. The second kappa shape index (κ2) is 14.4. The van der Waals surface area contributed by atoms with E-state index in [1.807, 2.05) is 57.4 Å². The first kappa shape index (κ1) is 31.1. The van der Waals surface area contributed by atoms with Crippen molar-refractivity contribution < 1.29 is 23.7 Å². The van der Waals surface area contributed by atoms with Gasteiger partial charge in [-0.15, -0.1) is 0 Å². The van der Waals surface area contributed by atoms with Crippen molar-refractivity contribution in [3.05, 3.63) is 77.4 Å². The lowest BCUT2D eigenvalue weighted by Crippen LogP contribution is -2.18. The third-order valence-electron chi connectivity index (χ3n) is 7.01. The van der Waals surface area contributed by atoms with E-state index in [0.717, 1.165) is 35.5 Å². The lowest BCUT2D eigenvalue weighted by Gasteiger charge is -2.15. The van der Waals surface area contributed by atoms with Gasteiger partial charge in [-0.3, -0.25) is 5.32 Å². The van der Waals surface area contributed by atoms with Crippen LogP contribution in [0.15, 0.2) is 60.7 Å². The number of amides is 1.